The number of hydrogen-bond donors (Lipinski definition) is 0. The summed E-state index contributed by atoms with van der Waals surface area (Å²) in [6, 6.07) is 7.93. The van der Waals surface area contributed by atoms with E-state index < -0.39 is 0 Å². The van der Waals surface area contributed by atoms with Crippen LogP contribution in [0.1, 0.15) is 37.0 Å². The fourth-order valence-electron chi connectivity index (χ4n) is 1.04. The molecular formula is C12H17N. The molecule has 0 N–H and O–H groups in total. The molecule has 0 fully saturated rings. The fraction of sp³-hybridized carbons (Fsp3) is 0.417. The van der Waals surface area contributed by atoms with Gasteiger partial charge in [0.2, 0.25) is 0 Å². The van der Waals surface area contributed by atoms with Crippen molar-refractivity contribution < 1.29 is 0 Å². The van der Waals surface area contributed by atoms with E-state index in [4.69, 9.17) is 5.26 Å². The molecule has 0 saturated heterocycles. The van der Waals surface area contributed by atoms with Crippen molar-refractivity contribution in [2.24, 2.45) is 0 Å². The number of benzene rings is 1. The first kappa shape index (κ1) is 11.7. The Morgan fingerprint density at radius 3 is 1.77 bits per heavy atom. The van der Waals surface area contributed by atoms with E-state index in [1.165, 1.54) is 6.42 Å². The van der Waals surface area contributed by atoms with Crippen LogP contribution in [0.2, 0.25) is 0 Å². The second-order valence-corrected chi connectivity index (χ2v) is 3.20. The fourth-order valence-corrected chi connectivity index (χ4v) is 1.04. The maximum absolute atomic E-state index is 8.54. The summed E-state index contributed by atoms with van der Waals surface area (Å²) in [6.45, 7) is 8.24. The minimum Gasteiger partial charge on any atom is -0.192 e. The minimum absolute atomic E-state index is 0.748. The molecule has 0 aromatic heterocycles. The third-order valence-electron chi connectivity index (χ3n) is 1.35. The summed E-state index contributed by atoms with van der Waals surface area (Å²) in [7, 11) is 0. The van der Waals surface area contributed by atoms with Gasteiger partial charge in [0.25, 0.3) is 0 Å². The van der Waals surface area contributed by atoms with Crippen LogP contribution < -0.4 is 0 Å². The van der Waals surface area contributed by atoms with Gasteiger partial charge in [0.1, 0.15) is 0 Å². The summed E-state index contributed by atoms with van der Waals surface area (Å²) in [6.07, 6.45) is 1.25. The highest BCUT2D eigenvalue weighted by atomic mass is 14.2. The highest BCUT2D eigenvalue weighted by Gasteiger charge is 1.91. The quantitative estimate of drug-likeness (QED) is 0.591. The van der Waals surface area contributed by atoms with Crippen LogP contribution in [0.4, 0.5) is 0 Å². The zero-order valence-electron chi connectivity index (χ0n) is 8.89. The van der Waals surface area contributed by atoms with Gasteiger partial charge >= 0.3 is 0 Å². The lowest BCUT2D eigenvalue weighted by Crippen LogP contribution is -1.79. The molecule has 0 saturated carbocycles. The monoisotopic (exact) mass is 175 g/mol. The topological polar surface area (TPSA) is 23.8 Å². The summed E-state index contributed by atoms with van der Waals surface area (Å²) in [5.74, 6) is 0. The van der Waals surface area contributed by atoms with Crippen molar-refractivity contribution in [2.45, 2.75) is 34.1 Å². The second-order valence-electron chi connectivity index (χ2n) is 3.20. The third kappa shape index (κ3) is 5.03. The Kier molecular flexibility index (Phi) is 5.63. The Balaban J connectivity index is 0.000000424. The van der Waals surface area contributed by atoms with Crippen LogP contribution in [0.25, 0.3) is 0 Å². The lowest BCUT2D eigenvalue weighted by molar-refractivity contribution is 1.09. The number of nitriles is 1. The van der Waals surface area contributed by atoms with E-state index in [9.17, 15) is 0 Å². The standard InChI is InChI=1S/C9H9N.C3H8/c1-7-3-8(2)5-9(4-7)6-10;1-3-2/h3-5H,1-2H3;3H2,1-2H3. The molecule has 0 radical (unpaired) electrons. The molecular weight excluding hydrogens is 158 g/mol. The van der Waals surface area contributed by atoms with Crippen LogP contribution in [0.5, 0.6) is 0 Å². The van der Waals surface area contributed by atoms with E-state index in [1.807, 2.05) is 26.0 Å². The Morgan fingerprint density at radius 2 is 1.46 bits per heavy atom. The molecule has 1 nitrogen and oxygen atoms in total. The maximum Gasteiger partial charge on any atom is 0.0991 e. The Bertz CT molecular complexity index is 274. The van der Waals surface area contributed by atoms with Gasteiger partial charge in [-0.3, -0.25) is 0 Å². The summed E-state index contributed by atoms with van der Waals surface area (Å²) >= 11 is 0. The number of hydrogen-bond acceptors (Lipinski definition) is 1. The van der Waals surface area contributed by atoms with E-state index in [0.29, 0.717) is 0 Å². The van der Waals surface area contributed by atoms with Crippen molar-refractivity contribution in [3.8, 4) is 6.07 Å². The van der Waals surface area contributed by atoms with Gasteiger partial charge in [-0.05, 0) is 37.1 Å². The predicted molar refractivity (Wildman–Crippen MR) is 56.6 cm³/mol. The zero-order valence-corrected chi connectivity index (χ0v) is 8.89. The molecule has 0 heterocycles. The average Bonchev–Trinajstić information content (AvgIpc) is 2.04. The van der Waals surface area contributed by atoms with Crippen LogP contribution in [0, 0.1) is 25.2 Å². The van der Waals surface area contributed by atoms with Gasteiger partial charge in [-0.25, -0.2) is 0 Å². The molecule has 0 spiro atoms. The van der Waals surface area contributed by atoms with E-state index in [-0.39, 0.29) is 0 Å². The zero-order chi connectivity index (χ0) is 10.3. The molecule has 1 rings (SSSR count). The molecule has 0 atom stereocenters. The maximum atomic E-state index is 8.54. The Hall–Kier alpha value is -1.29. The van der Waals surface area contributed by atoms with Gasteiger partial charge in [0, 0.05) is 0 Å². The highest BCUT2D eigenvalue weighted by Crippen LogP contribution is 2.06. The van der Waals surface area contributed by atoms with Crippen LogP contribution in [0.3, 0.4) is 0 Å². The molecule has 0 bridgehead atoms. The summed E-state index contributed by atoms with van der Waals surface area (Å²) in [5, 5.41) is 8.54. The van der Waals surface area contributed by atoms with Crippen LogP contribution in [-0.2, 0) is 0 Å². The van der Waals surface area contributed by atoms with E-state index in [0.717, 1.165) is 16.7 Å². The number of aryl methyl sites for hydroxylation is 2. The first-order valence-corrected chi connectivity index (χ1v) is 4.62. The first-order valence-electron chi connectivity index (χ1n) is 4.62. The van der Waals surface area contributed by atoms with E-state index in [1.54, 1.807) is 0 Å². The van der Waals surface area contributed by atoms with Crippen molar-refractivity contribution in [1.29, 1.82) is 5.26 Å². The molecule has 1 aromatic rings. The van der Waals surface area contributed by atoms with Gasteiger partial charge in [-0.15, -0.1) is 0 Å². The van der Waals surface area contributed by atoms with Gasteiger partial charge in [-0.2, -0.15) is 5.26 Å². The van der Waals surface area contributed by atoms with Gasteiger partial charge in [0.15, 0.2) is 0 Å². The van der Waals surface area contributed by atoms with E-state index in [2.05, 4.69) is 26.0 Å². The molecule has 1 heteroatoms. The SMILES string of the molecule is CCC.Cc1cc(C)cc(C#N)c1. The highest BCUT2D eigenvalue weighted by molar-refractivity contribution is 5.36. The normalized spacial score (nSPS) is 8.23. The van der Waals surface area contributed by atoms with Crippen molar-refractivity contribution in [2.75, 3.05) is 0 Å². The van der Waals surface area contributed by atoms with E-state index >= 15 is 0 Å². The minimum atomic E-state index is 0.748. The van der Waals surface area contributed by atoms with Gasteiger partial charge in [0.05, 0.1) is 11.6 Å². The van der Waals surface area contributed by atoms with Crippen molar-refractivity contribution in [1.82, 2.24) is 0 Å². The van der Waals surface area contributed by atoms with Crippen LogP contribution >= 0.6 is 0 Å². The van der Waals surface area contributed by atoms with Crippen LogP contribution in [0.15, 0.2) is 18.2 Å². The predicted octanol–water partition coefficient (Wildman–Crippen LogP) is 3.59. The smallest absolute Gasteiger partial charge is 0.0991 e. The first-order chi connectivity index (χ1) is 6.13. The second kappa shape index (κ2) is 6.25. The molecule has 0 aliphatic heterocycles. The largest absolute Gasteiger partial charge is 0.192 e. The molecule has 13 heavy (non-hydrogen) atoms. The third-order valence-corrected chi connectivity index (χ3v) is 1.35. The van der Waals surface area contributed by atoms with Gasteiger partial charge < -0.3 is 0 Å². The average molecular weight is 175 g/mol. The summed E-state index contributed by atoms with van der Waals surface area (Å²) < 4.78 is 0. The van der Waals surface area contributed by atoms with Crippen LogP contribution in [-0.4, -0.2) is 0 Å². The van der Waals surface area contributed by atoms with Crippen molar-refractivity contribution in [3.05, 3.63) is 34.9 Å². The van der Waals surface area contributed by atoms with Gasteiger partial charge in [-0.1, -0.05) is 26.3 Å². The molecule has 0 unspecified atom stereocenters. The Morgan fingerprint density at radius 1 is 1.08 bits per heavy atom. The van der Waals surface area contributed by atoms with Crippen molar-refractivity contribution in [3.63, 3.8) is 0 Å². The lowest BCUT2D eigenvalue weighted by Gasteiger charge is -1.95. The summed E-state index contributed by atoms with van der Waals surface area (Å²) in [5.41, 5.74) is 3.05. The molecule has 70 valence electrons. The van der Waals surface area contributed by atoms with Crippen molar-refractivity contribution >= 4 is 0 Å². The number of rotatable bonds is 0. The molecule has 0 aliphatic rings. The lowest BCUT2D eigenvalue weighted by atomic mass is 10.1. The summed E-state index contributed by atoms with van der Waals surface area (Å²) in [4.78, 5) is 0. The molecule has 0 aliphatic carbocycles. The molecule has 0 amide bonds. The molecule has 1 aromatic carbocycles. The Labute approximate surface area is 81.0 Å². The number of nitrogens with zero attached hydrogens (tertiary/aromatic N) is 1.